The molecule has 1 amide bonds. The van der Waals surface area contributed by atoms with Crippen LogP contribution in [0.1, 0.15) is 32.3 Å². The predicted octanol–water partition coefficient (Wildman–Crippen LogP) is 4.22. The summed E-state index contributed by atoms with van der Waals surface area (Å²) in [5.74, 6) is 0.800. The van der Waals surface area contributed by atoms with Crippen molar-refractivity contribution in [1.29, 1.82) is 0 Å². The molecular formula is C32H36N4O4. The molecule has 0 spiro atoms. The number of aromatic nitrogens is 2. The van der Waals surface area contributed by atoms with Crippen LogP contribution in [0.3, 0.4) is 0 Å². The summed E-state index contributed by atoms with van der Waals surface area (Å²) in [6, 6.07) is 21.3. The van der Waals surface area contributed by atoms with Crippen molar-refractivity contribution in [3.8, 4) is 28.3 Å². The molecule has 1 fully saturated rings. The monoisotopic (exact) mass is 540 g/mol. The predicted molar refractivity (Wildman–Crippen MR) is 157 cm³/mol. The topological polar surface area (TPSA) is 96.7 Å². The third kappa shape index (κ3) is 6.24. The molecule has 8 nitrogen and oxygen atoms in total. The number of aliphatic hydroxyl groups excluding tert-OH is 1. The van der Waals surface area contributed by atoms with Crippen molar-refractivity contribution in [2.24, 2.45) is 0 Å². The first-order valence-corrected chi connectivity index (χ1v) is 13.8. The number of fused-ring (bicyclic) bond motifs is 1. The number of rotatable bonds is 8. The quantitative estimate of drug-likeness (QED) is 0.347. The molecule has 1 aliphatic heterocycles. The first-order valence-electron chi connectivity index (χ1n) is 13.8. The molecule has 0 unspecified atom stereocenters. The van der Waals surface area contributed by atoms with E-state index in [1.165, 1.54) is 10.1 Å². The second-order valence-corrected chi connectivity index (χ2v) is 10.7. The van der Waals surface area contributed by atoms with E-state index in [0.717, 1.165) is 43.6 Å². The van der Waals surface area contributed by atoms with Gasteiger partial charge in [-0.1, -0.05) is 36.4 Å². The van der Waals surface area contributed by atoms with Gasteiger partial charge in [-0.05, 0) is 73.7 Å². The Morgan fingerprint density at radius 1 is 1.02 bits per heavy atom. The maximum Gasteiger partial charge on any atom is 0.262 e. The number of benzene rings is 3. The molecule has 2 N–H and O–H groups in total. The number of nitrogens with zero attached hydrogens (tertiary/aromatic N) is 3. The fourth-order valence-electron chi connectivity index (χ4n) is 5.23. The van der Waals surface area contributed by atoms with E-state index in [0.29, 0.717) is 28.0 Å². The Balaban J connectivity index is 1.54. The van der Waals surface area contributed by atoms with Crippen molar-refractivity contribution in [1.82, 2.24) is 19.8 Å². The van der Waals surface area contributed by atoms with Crippen molar-refractivity contribution >= 4 is 16.8 Å². The number of carbonyl (C=O) groups is 1. The van der Waals surface area contributed by atoms with Gasteiger partial charge in [0.2, 0.25) is 5.91 Å². The number of hydrogen-bond donors (Lipinski definition) is 2. The number of amides is 1. The molecule has 208 valence electrons. The molecule has 5 rings (SSSR count). The van der Waals surface area contributed by atoms with E-state index in [1.807, 2.05) is 68.4 Å². The average molecular weight is 541 g/mol. The van der Waals surface area contributed by atoms with Crippen LogP contribution in [0.15, 0.2) is 71.5 Å². The van der Waals surface area contributed by atoms with E-state index in [2.05, 4.69) is 22.3 Å². The summed E-state index contributed by atoms with van der Waals surface area (Å²) in [5, 5.41) is 13.2. The van der Waals surface area contributed by atoms with Gasteiger partial charge in [-0.2, -0.15) is 0 Å². The maximum absolute atomic E-state index is 13.9. The standard InChI is InChI=1S/C32H36N4O4/c1-21(2)33-30(38)20-36-31(25-8-5-9-27(17-25)40-3)34-29-11-10-24(18-28(29)32(36)39)23-7-4-6-22(16-23)19-35-14-12-26(37)13-15-35/h4-11,16-18,21,26,37H,12-15,19-20H2,1-3H3,(H,33,38). The minimum absolute atomic E-state index is 0.0502. The molecular weight excluding hydrogens is 504 g/mol. The first-order chi connectivity index (χ1) is 19.3. The molecule has 8 heteroatoms. The lowest BCUT2D eigenvalue weighted by atomic mass is 10.0. The van der Waals surface area contributed by atoms with Crippen molar-refractivity contribution in [2.45, 2.75) is 51.9 Å². The smallest absolute Gasteiger partial charge is 0.262 e. The van der Waals surface area contributed by atoms with Crippen LogP contribution in [0.2, 0.25) is 0 Å². The summed E-state index contributed by atoms with van der Waals surface area (Å²) in [5.41, 5.74) is 4.09. The molecule has 40 heavy (non-hydrogen) atoms. The summed E-state index contributed by atoms with van der Waals surface area (Å²) in [4.78, 5) is 33.9. The van der Waals surface area contributed by atoms with Gasteiger partial charge in [0.05, 0.1) is 24.1 Å². The lowest BCUT2D eigenvalue weighted by molar-refractivity contribution is -0.122. The van der Waals surface area contributed by atoms with E-state index in [4.69, 9.17) is 9.72 Å². The van der Waals surface area contributed by atoms with Crippen molar-refractivity contribution in [2.75, 3.05) is 20.2 Å². The van der Waals surface area contributed by atoms with Gasteiger partial charge in [0.25, 0.3) is 5.56 Å². The van der Waals surface area contributed by atoms with Crippen LogP contribution >= 0.6 is 0 Å². The van der Waals surface area contributed by atoms with E-state index in [9.17, 15) is 14.7 Å². The number of carbonyl (C=O) groups excluding carboxylic acids is 1. The number of nitrogens with one attached hydrogen (secondary N) is 1. The molecule has 1 aliphatic rings. The minimum Gasteiger partial charge on any atom is -0.497 e. The fraction of sp³-hybridized carbons (Fsp3) is 0.344. The second kappa shape index (κ2) is 12.0. The Labute approximate surface area is 234 Å². The van der Waals surface area contributed by atoms with Gasteiger partial charge < -0.3 is 15.2 Å². The van der Waals surface area contributed by atoms with Crippen LogP contribution in [0.25, 0.3) is 33.4 Å². The highest BCUT2D eigenvalue weighted by Crippen LogP contribution is 2.27. The fourth-order valence-corrected chi connectivity index (χ4v) is 5.23. The van der Waals surface area contributed by atoms with Crippen molar-refractivity contribution in [3.63, 3.8) is 0 Å². The van der Waals surface area contributed by atoms with E-state index in [1.54, 1.807) is 7.11 Å². The Kier molecular flexibility index (Phi) is 8.28. The number of ether oxygens (including phenoxy) is 1. The largest absolute Gasteiger partial charge is 0.497 e. The van der Waals surface area contributed by atoms with Gasteiger partial charge in [0.15, 0.2) is 0 Å². The zero-order valence-corrected chi connectivity index (χ0v) is 23.3. The molecule has 4 aromatic rings. The van der Waals surface area contributed by atoms with Crippen molar-refractivity contribution in [3.05, 3.63) is 82.6 Å². The van der Waals surface area contributed by atoms with Gasteiger partial charge >= 0.3 is 0 Å². The third-order valence-electron chi connectivity index (χ3n) is 7.26. The summed E-state index contributed by atoms with van der Waals surface area (Å²) < 4.78 is 6.83. The zero-order valence-electron chi connectivity index (χ0n) is 23.3. The summed E-state index contributed by atoms with van der Waals surface area (Å²) in [7, 11) is 1.59. The molecule has 0 radical (unpaired) electrons. The first kappa shape index (κ1) is 27.6. The lowest BCUT2D eigenvalue weighted by Crippen LogP contribution is -2.37. The number of piperidine rings is 1. The van der Waals surface area contributed by atoms with Crippen LogP contribution in [-0.2, 0) is 17.9 Å². The van der Waals surface area contributed by atoms with Crippen LogP contribution in [-0.4, -0.2) is 57.8 Å². The van der Waals surface area contributed by atoms with Gasteiger partial charge in [-0.3, -0.25) is 19.1 Å². The Morgan fingerprint density at radius 3 is 2.50 bits per heavy atom. The van der Waals surface area contributed by atoms with Crippen LogP contribution < -0.4 is 15.6 Å². The third-order valence-corrected chi connectivity index (χ3v) is 7.26. The second-order valence-electron chi connectivity index (χ2n) is 10.7. The van der Waals surface area contributed by atoms with Gasteiger partial charge in [0.1, 0.15) is 18.1 Å². The average Bonchev–Trinajstić information content (AvgIpc) is 2.95. The molecule has 3 aromatic carbocycles. The number of likely N-dealkylation sites (tertiary alicyclic amines) is 1. The summed E-state index contributed by atoms with van der Waals surface area (Å²) >= 11 is 0. The molecule has 1 saturated heterocycles. The highest BCUT2D eigenvalue weighted by Gasteiger charge is 2.19. The highest BCUT2D eigenvalue weighted by atomic mass is 16.5. The normalized spacial score (nSPS) is 14.5. The van der Waals surface area contributed by atoms with Gasteiger partial charge in [0, 0.05) is 31.2 Å². The maximum atomic E-state index is 13.9. The molecule has 0 atom stereocenters. The van der Waals surface area contributed by atoms with Gasteiger partial charge in [-0.15, -0.1) is 0 Å². The molecule has 1 aromatic heterocycles. The highest BCUT2D eigenvalue weighted by molar-refractivity contribution is 5.86. The molecule has 0 aliphatic carbocycles. The zero-order chi connectivity index (χ0) is 28.2. The van der Waals surface area contributed by atoms with Crippen LogP contribution in [0, 0.1) is 0 Å². The van der Waals surface area contributed by atoms with Crippen molar-refractivity contribution < 1.29 is 14.6 Å². The molecule has 0 bridgehead atoms. The minimum atomic E-state index is -0.272. The Morgan fingerprint density at radius 2 is 1.75 bits per heavy atom. The molecule has 2 heterocycles. The molecule has 0 saturated carbocycles. The van der Waals surface area contributed by atoms with Gasteiger partial charge in [-0.25, -0.2) is 4.98 Å². The number of methoxy groups -OCH3 is 1. The van der Waals surface area contributed by atoms with E-state index < -0.39 is 0 Å². The summed E-state index contributed by atoms with van der Waals surface area (Å²) in [6.07, 6.45) is 1.41. The van der Waals surface area contributed by atoms with Crippen LogP contribution in [0.4, 0.5) is 0 Å². The Bertz CT molecular complexity index is 1570. The summed E-state index contributed by atoms with van der Waals surface area (Å²) in [6.45, 7) is 6.21. The lowest BCUT2D eigenvalue weighted by Gasteiger charge is -2.29. The van der Waals surface area contributed by atoms with E-state index >= 15 is 0 Å². The SMILES string of the molecule is COc1cccc(-c2nc3ccc(-c4cccc(CN5CCC(O)CC5)c4)cc3c(=O)n2CC(=O)NC(C)C)c1. The van der Waals surface area contributed by atoms with Crippen LogP contribution in [0.5, 0.6) is 5.75 Å². The number of aliphatic hydroxyl groups is 1. The Hall–Kier alpha value is -4.01. The number of hydrogen-bond acceptors (Lipinski definition) is 6. The van der Waals surface area contributed by atoms with E-state index in [-0.39, 0.29) is 30.2 Å².